The molecule has 11 nitrogen and oxygen atoms in total. The van der Waals surface area contributed by atoms with Crippen molar-refractivity contribution < 1.29 is 4.79 Å². The molecule has 0 radical (unpaired) electrons. The van der Waals surface area contributed by atoms with Crippen LogP contribution in [0.1, 0.15) is 35.8 Å². The van der Waals surface area contributed by atoms with E-state index in [-0.39, 0.29) is 11.9 Å². The van der Waals surface area contributed by atoms with Gasteiger partial charge in [0.2, 0.25) is 0 Å². The predicted octanol–water partition coefficient (Wildman–Crippen LogP) is 4.69. The van der Waals surface area contributed by atoms with Gasteiger partial charge in [-0.2, -0.15) is 0 Å². The van der Waals surface area contributed by atoms with Crippen molar-refractivity contribution in [3.05, 3.63) is 84.7 Å². The van der Waals surface area contributed by atoms with Gasteiger partial charge in [0.15, 0.2) is 0 Å². The SMILES string of the molecule is Cc1ccn2c1C(=O)N(c1ccccc1)C([C@H](C)Nc1ncnc3[nH]cc(-c4ccnc(N5CCC(N(C)C)CC5)c4)c13)N2. The first-order valence-electron chi connectivity index (χ1n) is 15.2. The van der Waals surface area contributed by atoms with E-state index >= 15 is 0 Å². The van der Waals surface area contributed by atoms with E-state index < -0.39 is 6.17 Å². The topological polar surface area (TPSA) is 110 Å². The average molecular weight is 591 g/mol. The lowest BCUT2D eigenvalue weighted by molar-refractivity contribution is 0.0954. The molecule has 5 aromatic rings. The van der Waals surface area contributed by atoms with Crippen molar-refractivity contribution in [2.24, 2.45) is 0 Å². The molecule has 6 heterocycles. The first kappa shape index (κ1) is 27.9. The molecule has 0 spiro atoms. The highest BCUT2D eigenvalue weighted by molar-refractivity contribution is 6.08. The van der Waals surface area contributed by atoms with Crippen LogP contribution in [-0.2, 0) is 0 Å². The molecule has 2 aliphatic rings. The van der Waals surface area contributed by atoms with Crippen molar-refractivity contribution in [3.8, 4) is 11.1 Å². The molecule has 2 atom stereocenters. The Bertz CT molecular complexity index is 1790. The minimum atomic E-state index is -0.394. The lowest BCUT2D eigenvalue weighted by Gasteiger charge is -2.41. The fraction of sp³-hybridized carbons (Fsp3) is 0.333. The highest BCUT2D eigenvalue weighted by atomic mass is 16.2. The fourth-order valence-electron chi connectivity index (χ4n) is 6.52. The molecule has 1 fully saturated rings. The quantitative estimate of drug-likeness (QED) is 0.251. The van der Waals surface area contributed by atoms with E-state index in [4.69, 9.17) is 9.97 Å². The summed E-state index contributed by atoms with van der Waals surface area (Å²) < 4.78 is 1.83. The maximum atomic E-state index is 13.9. The van der Waals surface area contributed by atoms with Crippen LogP contribution in [0.2, 0.25) is 0 Å². The van der Waals surface area contributed by atoms with Gasteiger partial charge in [-0.1, -0.05) is 18.2 Å². The zero-order valence-corrected chi connectivity index (χ0v) is 25.5. The van der Waals surface area contributed by atoms with Crippen LogP contribution >= 0.6 is 0 Å². The third-order valence-electron chi connectivity index (χ3n) is 8.98. The first-order valence-corrected chi connectivity index (χ1v) is 15.2. The van der Waals surface area contributed by atoms with E-state index in [1.165, 1.54) is 0 Å². The highest BCUT2D eigenvalue weighted by Crippen LogP contribution is 2.35. The van der Waals surface area contributed by atoms with E-state index in [0.29, 0.717) is 17.6 Å². The fourth-order valence-corrected chi connectivity index (χ4v) is 6.52. The van der Waals surface area contributed by atoms with Gasteiger partial charge in [0.1, 0.15) is 35.5 Å². The van der Waals surface area contributed by atoms with Gasteiger partial charge >= 0.3 is 0 Å². The van der Waals surface area contributed by atoms with E-state index in [1.807, 2.05) is 77.6 Å². The Morgan fingerprint density at radius 3 is 2.61 bits per heavy atom. The molecule has 4 aromatic heterocycles. The molecule has 7 rings (SSSR count). The number of aromatic nitrogens is 5. The minimum absolute atomic E-state index is 0.0507. The number of hydrogen-bond donors (Lipinski definition) is 3. The summed E-state index contributed by atoms with van der Waals surface area (Å²) in [6.07, 6.45) is 9.18. The van der Waals surface area contributed by atoms with E-state index in [1.54, 1.807) is 6.33 Å². The van der Waals surface area contributed by atoms with Gasteiger partial charge in [-0.25, -0.2) is 15.0 Å². The van der Waals surface area contributed by atoms with Crippen molar-refractivity contribution in [1.82, 2.24) is 29.5 Å². The molecular formula is C33H38N10O. The van der Waals surface area contributed by atoms with Crippen LogP contribution in [0.25, 0.3) is 22.2 Å². The van der Waals surface area contributed by atoms with Crippen LogP contribution in [0, 0.1) is 6.92 Å². The molecular weight excluding hydrogens is 552 g/mol. The van der Waals surface area contributed by atoms with E-state index in [2.05, 4.69) is 57.6 Å². The van der Waals surface area contributed by atoms with Crippen molar-refractivity contribution in [3.63, 3.8) is 0 Å². The molecule has 0 aliphatic carbocycles. The van der Waals surface area contributed by atoms with Gasteiger partial charge < -0.3 is 25.5 Å². The van der Waals surface area contributed by atoms with Crippen LogP contribution in [-0.4, -0.2) is 80.9 Å². The molecule has 3 N–H and O–H groups in total. The number of aromatic amines is 1. The number of H-pyrrole nitrogens is 1. The van der Waals surface area contributed by atoms with E-state index in [0.717, 1.165) is 65.2 Å². The number of fused-ring (bicyclic) bond motifs is 2. The third-order valence-corrected chi connectivity index (χ3v) is 8.98. The summed E-state index contributed by atoms with van der Waals surface area (Å²) in [5.74, 6) is 1.63. The Balaban J connectivity index is 1.20. The van der Waals surface area contributed by atoms with Crippen LogP contribution in [0.3, 0.4) is 0 Å². The van der Waals surface area contributed by atoms with Gasteiger partial charge in [0.05, 0.1) is 11.4 Å². The molecule has 1 amide bonds. The van der Waals surface area contributed by atoms with Gasteiger partial charge in [0, 0.05) is 49.0 Å². The normalized spacial score (nSPS) is 18.0. The number of benzene rings is 1. The van der Waals surface area contributed by atoms with Crippen LogP contribution in [0.4, 0.5) is 17.3 Å². The standard InChI is InChI=1S/C33H38N10O/c1-21-11-17-42-29(21)33(44)43(25-8-6-5-7-9-25)32(39-42)22(2)38-31-28-26(19-35-30(28)36-20-37-31)23-10-14-34-27(18-23)41-15-12-24(13-16-41)40(3)4/h5-11,14,17-20,22,24,32,39H,12-13,15-16H2,1-4H3,(H2,35,36,37,38)/t22-,32?/m0/s1. The van der Waals surface area contributed by atoms with E-state index in [9.17, 15) is 4.79 Å². The summed E-state index contributed by atoms with van der Waals surface area (Å²) >= 11 is 0. The van der Waals surface area contributed by atoms with Gasteiger partial charge in [-0.05, 0) is 82.2 Å². The van der Waals surface area contributed by atoms with Crippen molar-refractivity contribution in [1.29, 1.82) is 0 Å². The summed E-state index contributed by atoms with van der Waals surface area (Å²) in [6.45, 7) is 5.98. The van der Waals surface area contributed by atoms with Gasteiger partial charge in [0.25, 0.3) is 5.91 Å². The second-order valence-electron chi connectivity index (χ2n) is 12.0. The Morgan fingerprint density at radius 1 is 1.05 bits per heavy atom. The van der Waals surface area contributed by atoms with Crippen molar-refractivity contribution in [2.45, 2.75) is 44.9 Å². The number of amides is 1. The van der Waals surface area contributed by atoms with Crippen molar-refractivity contribution in [2.75, 3.05) is 47.7 Å². The Hall–Kier alpha value is -4.90. The number of nitrogens with one attached hydrogen (secondary N) is 3. The minimum Gasteiger partial charge on any atom is -0.363 e. The number of nitrogens with zero attached hydrogens (tertiary/aromatic N) is 7. The molecule has 226 valence electrons. The number of para-hydroxylation sites is 1. The lowest BCUT2D eigenvalue weighted by atomic mass is 10.0. The predicted molar refractivity (Wildman–Crippen MR) is 175 cm³/mol. The average Bonchev–Trinajstić information content (AvgIpc) is 3.66. The smallest absolute Gasteiger partial charge is 0.278 e. The monoisotopic (exact) mass is 590 g/mol. The molecule has 2 aliphatic heterocycles. The first-order chi connectivity index (χ1) is 21.4. The molecule has 11 heteroatoms. The zero-order valence-electron chi connectivity index (χ0n) is 25.5. The second kappa shape index (κ2) is 11.3. The Kier molecular flexibility index (Phi) is 7.17. The number of aryl methyl sites for hydroxylation is 1. The lowest BCUT2D eigenvalue weighted by Crippen LogP contribution is -2.59. The Morgan fingerprint density at radius 2 is 1.84 bits per heavy atom. The number of carbonyl (C=O) groups excluding carboxylic acids is 1. The number of pyridine rings is 1. The summed E-state index contributed by atoms with van der Waals surface area (Å²) in [5, 5.41) is 4.53. The number of carbonyl (C=O) groups is 1. The maximum absolute atomic E-state index is 13.9. The third kappa shape index (κ3) is 4.92. The molecule has 0 bridgehead atoms. The van der Waals surface area contributed by atoms with Crippen LogP contribution in [0.5, 0.6) is 0 Å². The number of piperidine rings is 1. The molecule has 1 unspecified atom stereocenters. The van der Waals surface area contributed by atoms with Gasteiger partial charge in [-0.3, -0.25) is 14.4 Å². The van der Waals surface area contributed by atoms with Gasteiger partial charge in [-0.15, -0.1) is 0 Å². The number of hydrogen-bond acceptors (Lipinski definition) is 8. The number of rotatable bonds is 7. The zero-order chi connectivity index (χ0) is 30.4. The molecule has 1 saturated heterocycles. The maximum Gasteiger partial charge on any atom is 0.278 e. The second-order valence-corrected chi connectivity index (χ2v) is 12.0. The Labute approximate surface area is 256 Å². The molecule has 0 saturated carbocycles. The van der Waals surface area contributed by atoms with Crippen LogP contribution < -0.4 is 20.5 Å². The van der Waals surface area contributed by atoms with Crippen molar-refractivity contribution >= 4 is 34.3 Å². The molecule has 1 aromatic carbocycles. The van der Waals surface area contributed by atoms with Crippen LogP contribution in [0.15, 0.2) is 73.4 Å². The number of anilines is 3. The summed E-state index contributed by atoms with van der Waals surface area (Å²) in [5.41, 5.74) is 8.72. The summed E-state index contributed by atoms with van der Waals surface area (Å²) in [6, 6.07) is 16.3. The summed E-state index contributed by atoms with van der Waals surface area (Å²) in [7, 11) is 4.32. The summed E-state index contributed by atoms with van der Waals surface area (Å²) in [4.78, 5) is 37.7. The molecule has 44 heavy (non-hydrogen) atoms. The highest BCUT2D eigenvalue weighted by Gasteiger charge is 2.37. The largest absolute Gasteiger partial charge is 0.363 e.